The Balaban J connectivity index is 1.43. The third-order valence-electron chi connectivity index (χ3n) is 5.02. The molecule has 0 radical (unpaired) electrons. The molecule has 2 fully saturated rings. The number of hydrogen-bond acceptors (Lipinski definition) is 5. The van der Waals surface area contributed by atoms with E-state index in [-0.39, 0.29) is 24.5 Å². The molecule has 2 saturated heterocycles. The fourth-order valence-electron chi connectivity index (χ4n) is 3.52. The highest BCUT2D eigenvalue weighted by Gasteiger charge is 2.30. The van der Waals surface area contributed by atoms with Crippen molar-refractivity contribution in [1.82, 2.24) is 15.1 Å². The van der Waals surface area contributed by atoms with Gasteiger partial charge in [0.2, 0.25) is 5.91 Å². The quantitative estimate of drug-likeness (QED) is 0.724. The van der Waals surface area contributed by atoms with Gasteiger partial charge >= 0.3 is 6.03 Å². The van der Waals surface area contributed by atoms with Crippen molar-refractivity contribution in [2.75, 3.05) is 51.3 Å². The van der Waals surface area contributed by atoms with Gasteiger partial charge < -0.3 is 19.9 Å². The lowest BCUT2D eigenvalue weighted by Crippen LogP contribution is -2.43. The molecule has 3 amide bonds. The lowest BCUT2D eigenvalue weighted by molar-refractivity contribution is -0.130. The first-order valence-corrected chi connectivity index (χ1v) is 9.24. The predicted molar refractivity (Wildman–Crippen MR) is 101 cm³/mol. The van der Waals surface area contributed by atoms with Crippen LogP contribution in [-0.2, 0) is 4.79 Å². The molecular weight excluding hydrogens is 346 g/mol. The van der Waals surface area contributed by atoms with Crippen LogP contribution in [0.5, 0.6) is 5.75 Å². The van der Waals surface area contributed by atoms with E-state index < -0.39 is 0 Å². The van der Waals surface area contributed by atoms with E-state index >= 15 is 0 Å². The lowest BCUT2D eigenvalue weighted by Gasteiger charge is -2.21. The van der Waals surface area contributed by atoms with Crippen molar-refractivity contribution in [2.24, 2.45) is 0 Å². The summed E-state index contributed by atoms with van der Waals surface area (Å²) in [6.45, 7) is 3.19. The van der Waals surface area contributed by atoms with Crippen LogP contribution in [0.1, 0.15) is 12.8 Å². The summed E-state index contributed by atoms with van der Waals surface area (Å²) in [5, 5.41) is 12.2. The van der Waals surface area contributed by atoms with Gasteiger partial charge in [-0.3, -0.25) is 9.69 Å². The van der Waals surface area contributed by atoms with Crippen LogP contribution < -0.4 is 15.0 Å². The van der Waals surface area contributed by atoms with Gasteiger partial charge in [0, 0.05) is 44.5 Å². The zero-order valence-corrected chi connectivity index (χ0v) is 15.6. The number of rotatable bonds is 7. The zero-order chi connectivity index (χ0) is 19.2. The Morgan fingerprint density at radius 2 is 2.22 bits per heavy atom. The number of nitrogens with one attached hydrogen (secondary N) is 1. The van der Waals surface area contributed by atoms with Gasteiger partial charge in [0.25, 0.3) is 0 Å². The summed E-state index contributed by atoms with van der Waals surface area (Å²) in [5.41, 5.74) is 0.821. The largest absolute Gasteiger partial charge is 0.497 e. The second kappa shape index (κ2) is 8.73. The summed E-state index contributed by atoms with van der Waals surface area (Å²) in [6, 6.07) is 9.29. The Labute approximate surface area is 159 Å². The summed E-state index contributed by atoms with van der Waals surface area (Å²) in [7, 11) is 1.60. The first-order chi connectivity index (χ1) is 13.1. The lowest BCUT2D eigenvalue weighted by atomic mass is 10.2. The number of benzene rings is 1. The summed E-state index contributed by atoms with van der Waals surface area (Å²) in [5.74, 6) is 0.668. The average molecular weight is 371 g/mol. The van der Waals surface area contributed by atoms with Gasteiger partial charge in [-0.1, -0.05) is 6.07 Å². The van der Waals surface area contributed by atoms with Crippen molar-refractivity contribution >= 4 is 17.6 Å². The molecule has 1 aromatic rings. The van der Waals surface area contributed by atoms with E-state index in [1.54, 1.807) is 21.8 Å². The van der Waals surface area contributed by atoms with E-state index in [9.17, 15) is 9.59 Å². The fraction of sp³-hybridized carbons (Fsp3) is 0.526. The van der Waals surface area contributed by atoms with Gasteiger partial charge in [-0.15, -0.1) is 0 Å². The summed E-state index contributed by atoms with van der Waals surface area (Å²) >= 11 is 0. The molecule has 3 rings (SSSR count). The maximum atomic E-state index is 12.6. The summed E-state index contributed by atoms with van der Waals surface area (Å²) in [4.78, 5) is 29.9. The van der Waals surface area contributed by atoms with Crippen molar-refractivity contribution in [2.45, 2.75) is 18.9 Å². The monoisotopic (exact) mass is 371 g/mol. The molecule has 2 heterocycles. The number of ether oxygens (including phenoxy) is 1. The highest BCUT2D eigenvalue weighted by Crippen LogP contribution is 2.24. The number of nitriles is 1. The minimum atomic E-state index is -0.295. The number of methoxy groups -OCH3 is 1. The SMILES string of the molecule is COc1cccc(N2CCN(CCNCC(=O)N3CCCC3C#N)C2=O)c1. The first-order valence-electron chi connectivity index (χ1n) is 9.24. The van der Waals surface area contributed by atoms with E-state index in [0.717, 1.165) is 24.3 Å². The molecule has 2 aliphatic rings. The Morgan fingerprint density at radius 3 is 3.00 bits per heavy atom. The Hall–Kier alpha value is -2.79. The summed E-state index contributed by atoms with van der Waals surface area (Å²) in [6.07, 6.45) is 1.64. The number of anilines is 1. The van der Waals surface area contributed by atoms with Gasteiger partial charge in [-0.2, -0.15) is 5.26 Å². The molecular formula is C19H25N5O3. The number of hydrogen-bond donors (Lipinski definition) is 1. The van der Waals surface area contributed by atoms with E-state index in [1.807, 2.05) is 24.3 Å². The third kappa shape index (κ3) is 4.31. The molecule has 8 nitrogen and oxygen atoms in total. The molecule has 0 aromatic heterocycles. The zero-order valence-electron chi connectivity index (χ0n) is 15.6. The van der Waals surface area contributed by atoms with Crippen LogP contribution in [0, 0.1) is 11.3 Å². The smallest absolute Gasteiger partial charge is 0.324 e. The van der Waals surface area contributed by atoms with Gasteiger partial charge in [0.1, 0.15) is 11.8 Å². The topological polar surface area (TPSA) is 88.9 Å². The van der Waals surface area contributed by atoms with Crippen LogP contribution in [-0.4, -0.2) is 74.2 Å². The highest BCUT2D eigenvalue weighted by atomic mass is 16.5. The van der Waals surface area contributed by atoms with E-state index in [4.69, 9.17) is 10.00 Å². The molecule has 0 saturated carbocycles. The molecule has 0 aliphatic carbocycles. The maximum absolute atomic E-state index is 12.6. The van der Waals surface area contributed by atoms with Crippen LogP contribution in [0.3, 0.4) is 0 Å². The number of carbonyl (C=O) groups excluding carboxylic acids is 2. The molecule has 27 heavy (non-hydrogen) atoms. The van der Waals surface area contributed by atoms with Crippen LogP contribution >= 0.6 is 0 Å². The van der Waals surface area contributed by atoms with Crippen LogP contribution in [0.4, 0.5) is 10.5 Å². The Bertz CT molecular complexity index is 732. The van der Waals surface area contributed by atoms with Crippen LogP contribution in [0.25, 0.3) is 0 Å². The molecule has 1 unspecified atom stereocenters. The average Bonchev–Trinajstić information content (AvgIpc) is 3.32. The third-order valence-corrected chi connectivity index (χ3v) is 5.02. The molecule has 0 spiro atoms. The second-order valence-electron chi connectivity index (χ2n) is 6.67. The van der Waals surface area contributed by atoms with E-state index in [1.165, 1.54) is 0 Å². The number of likely N-dealkylation sites (tertiary alicyclic amines) is 1. The van der Waals surface area contributed by atoms with Crippen LogP contribution in [0.15, 0.2) is 24.3 Å². The minimum Gasteiger partial charge on any atom is -0.497 e. The fourth-order valence-corrected chi connectivity index (χ4v) is 3.52. The molecule has 1 N–H and O–H groups in total. The standard InChI is InChI=1S/C19H25N5O3/c1-27-17-6-2-4-15(12-17)24-11-10-22(19(24)26)9-7-21-14-18(25)23-8-3-5-16(23)13-20/h2,4,6,12,16,21H,3,5,7-11,14H2,1H3. The first kappa shape index (κ1) is 19.0. The Kier molecular flexibility index (Phi) is 6.14. The molecule has 1 atom stereocenters. The summed E-state index contributed by atoms with van der Waals surface area (Å²) < 4.78 is 5.22. The number of urea groups is 1. The van der Waals surface area contributed by atoms with Crippen molar-refractivity contribution in [3.8, 4) is 11.8 Å². The second-order valence-corrected chi connectivity index (χ2v) is 6.67. The number of nitrogens with zero attached hydrogens (tertiary/aromatic N) is 4. The van der Waals surface area contributed by atoms with Crippen molar-refractivity contribution in [3.63, 3.8) is 0 Å². The van der Waals surface area contributed by atoms with Crippen molar-refractivity contribution in [3.05, 3.63) is 24.3 Å². The van der Waals surface area contributed by atoms with Gasteiger partial charge in [0.05, 0.1) is 19.7 Å². The molecule has 0 bridgehead atoms. The molecule has 8 heteroatoms. The van der Waals surface area contributed by atoms with Gasteiger partial charge in [-0.05, 0) is 25.0 Å². The number of amides is 3. The van der Waals surface area contributed by atoms with E-state index in [2.05, 4.69) is 11.4 Å². The Morgan fingerprint density at radius 1 is 1.37 bits per heavy atom. The van der Waals surface area contributed by atoms with Crippen molar-refractivity contribution in [1.29, 1.82) is 5.26 Å². The predicted octanol–water partition coefficient (Wildman–Crippen LogP) is 1.04. The normalized spacial score (nSPS) is 19.5. The highest BCUT2D eigenvalue weighted by molar-refractivity contribution is 5.94. The maximum Gasteiger partial charge on any atom is 0.324 e. The minimum absolute atomic E-state index is 0.0412. The van der Waals surface area contributed by atoms with Gasteiger partial charge in [0.15, 0.2) is 0 Å². The van der Waals surface area contributed by atoms with Crippen molar-refractivity contribution < 1.29 is 14.3 Å². The molecule has 144 valence electrons. The van der Waals surface area contributed by atoms with Crippen LogP contribution in [0.2, 0.25) is 0 Å². The molecule has 1 aromatic carbocycles. The molecule has 2 aliphatic heterocycles. The van der Waals surface area contributed by atoms with Gasteiger partial charge in [-0.25, -0.2) is 4.79 Å². The number of carbonyl (C=O) groups is 2. The van der Waals surface area contributed by atoms with E-state index in [0.29, 0.717) is 32.7 Å².